The predicted molar refractivity (Wildman–Crippen MR) is 108 cm³/mol. The van der Waals surface area contributed by atoms with Crippen molar-refractivity contribution in [3.63, 3.8) is 0 Å². The van der Waals surface area contributed by atoms with Gasteiger partial charge < -0.3 is 4.74 Å². The van der Waals surface area contributed by atoms with Gasteiger partial charge in [-0.25, -0.2) is 23.8 Å². The second kappa shape index (κ2) is 7.91. The number of pyridine rings is 1. The second-order valence-electron chi connectivity index (χ2n) is 6.27. The van der Waals surface area contributed by atoms with Crippen molar-refractivity contribution in [2.24, 2.45) is 0 Å². The predicted octanol–water partition coefficient (Wildman–Crippen LogP) is 4.00. The van der Waals surface area contributed by atoms with Gasteiger partial charge in [0.25, 0.3) is 0 Å². The summed E-state index contributed by atoms with van der Waals surface area (Å²) in [6.07, 6.45) is 4.07. The monoisotopic (exact) mass is 427 g/mol. The van der Waals surface area contributed by atoms with Crippen molar-refractivity contribution in [2.75, 3.05) is 12.4 Å². The van der Waals surface area contributed by atoms with Crippen molar-refractivity contribution in [2.45, 2.75) is 6.92 Å². The third-order valence-electron chi connectivity index (χ3n) is 4.31. The normalized spacial score (nSPS) is 10.8. The van der Waals surface area contributed by atoms with E-state index in [0.717, 1.165) is 5.56 Å². The summed E-state index contributed by atoms with van der Waals surface area (Å²) in [5, 5.41) is 14.1. The first-order chi connectivity index (χ1) is 14.5. The molecule has 3 aromatic heterocycles. The summed E-state index contributed by atoms with van der Waals surface area (Å²) in [6, 6.07) is 5.73. The molecule has 0 atom stereocenters. The number of hydrogen-bond donors (Lipinski definition) is 2. The van der Waals surface area contributed by atoms with Crippen molar-refractivity contribution in [3.8, 4) is 28.3 Å². The van der Waals surface area contributed by atoms with E-state index in [2.05, 4.69) is 35.3 Å². The van der Waals surface area contributed by atoms with Gasteiger partial charge >= 0.3 is 6.09 Å². The van der Waals surface area contributed by atoms with Gasteiger partial charge in [-0.1, -0.05) is 11.6 Å². The van der Waals surface area contributed by atoms with Gasteiger partial charge in [-0.3, -0.25) is 10.4 Å². The van der Waals surface area contributed by atoms with Gasteiger partial charge in [-0.2, -0.15) is 10.2 Å². The number of aromatic nitrogens is 6. The molecule has 0 aliphatic carbocycles. The van der Waals surface area contributed by atoms with Crippen LogP contribution in [0.1, 0.15) is 5.56 Å². The van der Waals surface area contributed by atoms with E-state index in [1.54, 1.807) is 29.2 Å². The topological polar surface area (TPSA) is 111 Å². The van der Waals surface area contributed by atoms with Crippen LogP contribution >= 0.6 is 11.6 Å². The number of aromatic amines is 1. The second-order valence-corrected chi connectivity index (χ2v) is 6.67. The average Bonchev–Trinajstić information content (AvgIpc) is 3.39. The Morgan fingerprint density at radius 3 is 2.80 bits per heavy atom. The van der Waals surface area contributed by atoms with Gasteiger partial charge in [-0.05, 0) is 30.7 Å². The first-order valence-corrected chi connectivity index (χ1v) is 9.07. The molecule has 1 amide bonds. The number of carbonyl (C=O) groups is 1. The standard InChI is InChI=1S/C19H15ClFN7O2/c1-10-7-22-16(25-19(29)30-2)6-15(10)28-8-13(18-23-9-24-26-18)17(27-28)12-4-3-11(21)5-14(12)20/h3-9H,1-2H3,(H,22,25,29)(H,23,24,26). The summed E-state index contributed by atoms with van der Waals surface area (Å²) in [4.78, 5) is 19.9. The number of amides is 1. The first kappa shape index (κ1) is 19.5. The van der Waals surface area contributed by atoms with Gasteiger partial charge in [0.15, 0.2) is 5.82 Å². The van der Waals surface area contributed by atoms with E-state index >= 15 is 0 Å². The maximum Gasteiger partial charge on any atom is 0.412 e. The maximum absolute atomic E-state index is 13.5. The largest absolute Gasteiger partial charge is 0.453 e. The van der Waals surface area contributed by atoms with Crippen LogP contribution in [0.4, 0.5) is 15.0 Å². The van der Waals surface area contributed by atoms with Gasteiger partial charge in [0.1, 0.15) is 23.7 Å². The molecule has 11 heteroatoms. The number of aryl methyl sites for hydroxylation is 1. The van der Waals surface area contributed by atoms with Crippen LogP contribution in [0.3, 0.4) is 0 Å². The lowest BCUT2D eigenvalue weighted by atomic mass is 10.1. The molecule has 0 unspecified atom stereocenters. The van der Waals surface area contributed by atoms with Crippen LogP contribution in [0.5, 0.6) is 0 Å². The van der Waals surface area contributed by atoms with Crippen LogP contribution in [0.15, 0.2) is 43.0 Å². The molecule has 1 aromatic carbocycles. The highest BCUT2D eigenvalue weighted by Gasteiger charge is 2.19. The van der Waals surface area contributed by atoms with Crippen LogP contribution in [0.2, 0.25) is 5.02 Å². The minimum atomic E-state index is -0.640. The number of ether oxygens (including phenoxy) is 1. The van der Waals surface area contributed by atoms with Gasteiger partial charge in [-0.15, -0.1) is 0 Å². The molecular weight excluding hydrogens is 413 g/mol. The number of hydrogen-bond acceptors (Lipinski definition) is 6. The maximum atomic E-state index is 13.5. The molecule has 0 radical (unpaired) electrons. The molecule has 2 N–H and O–H groups in total. The Morgan fingerprint density at radius 1 is 1.27 bits per heavy atom. The number of halogens is 2. The number of nitrogens with one attached hydrogen (secondary N) is 2. The minimum absolute atomic E-state index is 0.209. The fourth-order valence-corrected chi connectivity index (χ4v) is 3.13. The van der Waals surface area contributed by atoms with E-state index in [0.29, 0.717) is 34.2 Å². The quantitative estimate of drug-likeness (QED) is 0.509. The van der Waals surface area contributed by atoms with Crippen LogP contribution in [-0.2, 0) is 4.74 Å². The third kappa shape index (κ3) is 3.72. The smallest absolute Gasteiger partial charge is 0.412 e. The van der Waals surface area contributed by atoms with Gasteiger partial charge in [0, 0.05) is 24.0 Å². The zero-order chi connectivity index (χ0) is 21.3. The number of anilines is 1. The van der Waals surface area contributed by atoms with Gasteiger partial charge in [0.05, 0.1) is 23.4 Å². The highest BCUT2D eigenvalue weighted by molar-refractivity contribution is 6.33. The summed E-state index contributed by atoms with van der Waals surface area (Å²) in [6.45, 7) is 1.85. The molecule has 4 rings (SSSR count). The fraction of sp³-hybridized carbons (Fsp3) is 0.105. The summed E-state index contributed by atoms with van der Waals surface area (Å²) < 4.78 is 19.8. The summed E-state index contributed by atoms with van der Waals surface area (Å²) in [5.74, 6) is 0.310. The molecule has 3 heterocycles. The minimum Gasteiger partial charge on any atom is -0.453 e. The summed E-state index contributed by atoms with van der Waals surface area (Å²) >= 11 is 6.28. The molecule has 9 nitrogen and oxygen atoms in total. The van der Waals surface area contributed by atoms with Gasteiger partial charge in [0.2, 0.25) is 0 Å². The molecule has 0 aliphatic heterocycles. The fourth-order valence-electron chi connectivity index (χ4n) is 2.87. The number of methoxy groups -OCH3 is 1. The molecule has 0 fully saturated rings. The number of rotatable bonds is 4. The van der Waals surface area contributed by atoms with Crippen molar-refractivity contribution in [1.82, 2.24) is 29.9 Å². The van der Waals surface area contributed by atoms with Crippen molar-refractivity contribution < 1.29 is 13.9 Å². The first-order valence-electron chi connectivity index (χ1n) is 8.69. The molecule has 30 heavy (non-hydrogen) atoms. The molecule has 0 aliphatic rings. The van der Waals surface area contributed by atoms with Crippen molar-refractivity contribution in [3.05, 3.63) is 59.4 Å². The SMILES string of the molecule is COC(=O)Nc1cc(-n2cc(-c3ncn[nH]3)c(-c3ccc(F)cc3Cl)n2)c(C)cn1. The highest BCUT2D eigenvalue weighted by Crippen LogP contribution is 2.35. The number of benzene rings is 1. The number of nitrogens with zero attached hydrogens (tertiary/aromatic N) is 5. The van der Waals surface area contributed by atoms with E-state index in [1.165, 1.54) is 25.6 Å². The molecule has 4 aromatic rings. The Balaban J connectivity index is 1.86. The van der Waals surface area contributed by atoms with E-state index in [-0.39, 0.29) is 5.02 Å². The lowest BCUT2D eigenvalue weighted by Crippen LogP contribution is -2.13. The number of H-pyrrole nitrogens is 1. The Morgan fingerprint density at radius 2 is 2.10 bits per heavy atom. The van der Waals surface area contributed by atoms with Crippen molar-refractivity contribution >= 4 is 23.5 Å². The van der Waals surface area contributed by atoms with Crippen molar-refractivity contribution in [1.29, 1.82) is 0 Å². The molecule has 0 spiro atoms. The lowest BCUT2D eigenvalue weighted by molar-refractivity contribution is 0.187. The Bertz CT molecular complexity index is 1220. The zero-order valence-electron chi connectivity index (χ0n) is 15.8. The van der Waals surface area contributed by atoms with Crippen LogP contribution in [0.25, 0.3) is 28.3 Å². The summed E-state index contributed by atoms with van der Waals surface area (Å²) in [7, 11) is 1.26. The van der Waals surface area contributed by atoms with E-state index < -0.39 is 11.9 Å². The lowest BCUT2D eigenvalue weighted by Gasteiger charge is -2.09. The van der Waals surface area contributed by atoms with Crippen LogP contribution in [-0.4, -0.2) is 43.1 Å². The van der Waals surface area contributed by atoms with Crippen LogP contribution < -0.4 is 5.32 Å². The molecular formula is C19H15ClFN7O2. The summed E-state index contributed by atoms with van der Waals surface area (Å²) in [5.41, 5.74) is 3.08. The van der Waals surface area contributed by atoms with Crippen LogP contribution in [0, 0.1) is 12.7 Å². The Labute approximate surface area is 174 Å². The average molecular weight is 428 g/mol. The molecule has 0 saturated heterocycles. The van der Waals surface area contributed by atoms with E-state index in [9.17, 15) is 9.18 Å². The molecule has 0 saturated carbocycles. The highest BCUT2D eigenvalue weighted by atomic mass is 35.5. The Kier molecular flexibility index (Phi) is 5.15. The zero-order valence-corrected chi connectivity index (χ0v) is 16.6. The number of carbonyl (C=O) groups excluding carboxylic acids is 1. The van der Waals surface area contributed by atoms with E-state index in [1.807, 2.05) is 6.92 Å². The third-order valence-corrected chi connectivity index (χ3v) is 4.62. The van der Waals surface area contributed by atoms with E-state index in [4.69, 9.17) is 11.6 Å². The Hall–Kier alpha value is -3.79. The molecule has 152 valence electrons. The molecule has 0 bridgehead atoms.